The first-order valence-corrected chi connectivity index (χ1v) is 7.24. The zero-order valence-corrected chi connectivity index (χ0v) is 12.4. The highest BCUT2D eigenvalue weighted by Crippen LogP contribution is 2.34. The van der Waals surface area contributed by atoms with Crippen molar-refractivity contribution in [2.45, 2.75) is 12.0 Å². The van der Waals surface area contributed by atoms with Gasteiger partial charge in [0.25, 0.3) is 0 Å². The largest absolute Gasteiger partial charge is 0.387 e. The Morgan fingerprint density at radius 2 is 1.86 bits per heavy atom. The molecule has 0 aliphatic carbocycles. The maximum Gasteiger partial charge on any atom is 0.101 e. The number of hydrogen-bond donors (Lipinski definition) is 1. The number of nitrogens with zero attached hydrogens (tertiary/aromatic N) is 2. The molecular formula is C18H13ClN2O. The predicted molar refractivity (Wildman–Crippen MR) is 86.5 cm³/mol. The third kappa shape index (κ3) is 2.67. The van der Waals surface area contributed by atoms with Crippen LogP contribution in [-0.4, -0.2) is 10.1 Å². The van der Waals surface area contributed by atoms with Crippen LogP contribution >= 0.6 is 11.6 Å². The van der Waals surface area contributed by atoms with E-state index in [1.54, 1.807) is 12.3 Å². The van der Waals surface area contributed by atoms with Crippen LogP contribution in [0.1, 0.15) is 23.1 Å². The Bertz CT molecular complexity index is 857. The molecule has 0 radical (unpaired) electrons. The van der Waals surface area contributed by atoms with E-state index in [-0.39, 0.29) is 0 Å². The lowest BCUT2D eigenvalue weighted by Gasteiger charge is -2.18. The quantitative estimate of drug-likeness (QED) is 0.787. The smallest absolute Gasteiger partial charge is 0.101 e. The van der Waals surface area contributed by atoms with Crippen LogP contribution in [0.25, 0.3) is 10.8 Å². The summed E-state index contributed by atoms with van der Waals surface area (Å²) in [4.78, 5) is 3.90. The number of pyridine rings is 1. The lowest BCUT2D eigenvalue weighted by Crippen LogP contribution is -2.10. The highest BCUT2D eigenvalue weighted by atomic mass is 35.5. The average Bonchev–Trinajstić information content (AvgIpc) is 2.55. The van der Waals surface area contributed by atoms with Crippen molar-refractivity contribution in [1.82, 2.24) is 4.98 Å². The van der Waals surface area contributed by atoms with Crippen molar-refractivity contribution in [2.24, 2.45) is 0 Å². The maximum atomic E-state index is 10.6. The van der Waals surface area contributed by atoms with Gasteiger partial charge in [-0.3, -0.25) is 4.98 Å². The number of aliphatic hydroxyl groups excluding tert-OH is 1. The van der Waals surface area contributed by atoms with Crippen LogP contribution in [0.4, 0.5) is 0 Å². The molecule has 0 amide bonds. The van der Waals surface area contributed by atoms with Crippen LogP contribution < -0.4 is 0 Å². The van der Waals surface area contributed by atoms with Gasteiger partial charge in [-0.05, 0) is 28.5 Å². The van der Waals surface area contributed by atoms with Gasteiger partial charge in [0.05, 0.1) is 11.1 Å². The summed E-state index contributed by atoms with van der Waals surface area (Å²) in [7, 11) is 0. The zero-order chi connectivity index (χ0) is 15.5. The number of rotatable bonds is 3. The van der Waals surface area contributed by atoms with Crippen molar-refractivity contribution >= 4 is 22.4 Å². The summed E-state index contributed by atoms with van der Waals surface area (Å²) in [6, 6.07) is 17.5. The van der Waals surface area contributed by atoms with Gasteiger partial charge < -0.3 is 5.11 Å². The van der Waals surface area contributed by atoms with Crippen molar-refractivity contribution in [3.63, 3.8) is 0 Å². The minimum absolute atomic E-state index is 0.357. The molecule has 3 rings (SSSR count). The molecule has 2 unspecified atom stereocenters. The second-order valence-corrected chi connectivity index (χ2v) is 5.46. The van der Waals surface area contributed by atoms with E-state index in [2.05, 4.69) is 11.1 Å². The SMILES string of the molecule is N#CC(c1ccc2ccccc2c1)C(O)c1ccncc1Cl. The van der Waals surface area contributed by atoms with Gasteiger partial charge in [-0.2, -0.15) is 5.26 Å². The molecule has 4 heteroatoms. The van der Waals surface area contributed by atoms with Crippen molar-refractivity contribution in [3.8, 4) is 6.07 Å². The molecule has 0 bridgehead atoms. The fraction of sp³-hybridized carbons (Fsp3) is 0.111. The minimum atomic E-state index is -0.998. The van der Waals surface area contributed by atoms with Crippen molar-refractivity contribution in [1.29, 1.82) is 5.26 Å². The molecule has 1 heterocycles. The van der Waals surface area contributed by atoms with Gasteiger partial charge in [-0.1, -0.05) is 48.0 Å². The fourth-order valence-electron chi connectivity index (χ4n) is 2.53. The van der Waals surface area contributed by atoms with E-state index in [4.69, 9.17) is 11.6 Å². The van der Waals surface area contributed by atoms with Gasteiger partial charge in [0.2, 0.25) is 0 Å². The Hall–Kier alpha value is -2.41. The third-order valence-corrected chi connectivity index (χ3v) is 4.03. The summed E-state index contributed by atoms with van der Waals surface area (Å²) in [5.74, 6) is -0.690. The Morgan fingerprint density at radius 3 is 2.59 bits per heavy atom. The first kappa shape index (κ1) is 14.5. The molecule has 22 heavy (non-hydrogen) atoms. The Balaban J connectivity index is 2.03. The minimum Gasteiger partial charge on any atom is -0.387 e. The molecule has 108 valence electrons. The number of benzene rings is 2. The number of hydrogen-bond acceptors (Lipinski definition) is 3. The van der Waals surface area contributed by atoms with Crippen molar-refractivity contribution in [2.75, 3.05) is 0 Å². The topological polar surface area (TPSA) is 56.9 Å². The normalized spacial score (nSPS) is 13.5. The summed E-state index contributed by atoms with van der Waals surface area (Å²) < 4.78 is 0. The van der Waals surface area contributed by atoms with Crippen LogP contribution in [0.15, 0.2) is 60.9 Å². The summed E-state index contributed by atoms with van der Waals surface area (Å²) in [6.07, 6.45) is 2.02. The van der Waals surface area contributed by atoms with E-state index < -0.39 is 12.0 Å². The average molecular weight is 309 g/mol. The van der Waals surface area contributed by atoms with Gasteiger partial charge in [0, 0.05) is 18.0 Å². The van der Waals surface area contributed by atoms with Crippen molar-refractivity contribution < 1.29 is 5.11 Å². The standard InChI is InChI=1S/C18H13ClN2O/c19-17-11-21-8-7-15(17)18(22)16(10-20)14-6-5-12-3-1-2-4-13(12)9-14/h1-9,11,16,18,22H. The van der Waals surface area contributed by atoms with E-state index >= 15 is 0 Å². The van der Waals surface area contributed by atoms with E-state index in [1.165, 1.54) is 6.20 Å². The number of fused-ring (bicyclic) bond motifs is 1. The predicted octanol–water partition coefficient (Wildman–Crippen LogP) is 4.23. The van der Waals surface area contributed by atoms with Crippen molar-refractivity contribution in [3.05, 3.63) is 77.1 Å². The highest BCUT2D eigenvalue weighted by Gasteiger charge is 2.24. The number of halogens is 1. The summed E-state index contributed by atoms with van der Waals surface area (Å²) in [6.45, 7) is 0. The van der Waals surface area contributed by atoms with Crippen LogP contribution in [0, 0.1) is 11.3 Å². The number of nitriles is 1. The molecular weight excluding hydrogens is 296 g/mol. The van der Waals surface area contributed by atoms with Crippen LogP contribution in [-0.2, 0) is 0 Å². The molecule has 0 saturated heterocycles. The molecule has 3 aromatic rings. The fourth-order valence-corrected chi connectivity index (χ4v) is 2.77. The van der Waals surface area contributed by atoms with Gasteiger partial charge in [0.1, 0.15) is 12.0 Å². The highest BCUT2D eigenvalue weighted by molar-refractivity contribution is 6.31. The van der Waals surface area contributed by atoms with E-state index in [0.29, 0.717) is 10.6 Å². The summed E-state index contributed by atoms with van der Waals surface area (Å²) in [5, 5.41) is 22.5. The molecule has 3 nitrogen and oxygen atoms in total. The molecule has 0 saturated carbocycles. The molecule has 1 aromatic heterocycles. The van der Waals surface area contributed by atoms with Crippen LogP contribution in [0.2, 0.25) is 5.02 Å². The maximum absolute atomic E-state index is 10.6. The molecule has 2 aromatic carbocycles. The van der Waals surface area contributed by atoms with Crippen LogP contribution in [0.3, 0.4) is 0 Å². The molecule has 0 aliphatic rings. The Labute approximate surface area is 133 Å². The lowest BCUT2D eigenvalue weighted by molar-refractivity contribution is 0.164. The van der Waals surface area contributed by atoms with E-state index in [0.717, 1.165) is 16.3 Å². The number of aromatic nitrogens is 1. The molecule has 0 spiro atoms. The first-order chi connectivity index (χ1) is 10.7. The molecule has 2 atom stereocenters. The molecule has 0 aliphatic heterocycles. The van der Waals surface area contributed by atoms with Gasteiger partial charge >= 0.3 is 0 Å². The molecule has 1 N–H and O–H groups in total. The Morgan fingerprint density at radius 1 is 1.09 bits per heavy atom. The van der Waals surface area contributed by atoms with Gasteiger partial charge in [0.15, 0.2) is 0 Å². The second kappa shape index (κ2) is 6.15. The van der Waals surface area contributed by atoms with Gasteiger partial charge in [-0.15, -0.1) is 0 Å². The lowest BCUT2D eigenvalue weighted by atomic mass is 9.89. The first-order valence-electron chi connectivity index (χ1n) is 6.86. The Kier molecular flexibility index (Phi) is 4.06. The van der Waals surface area contributed by atoms with Crippen LogP contribution in [0.5, 0.6) is 0 Å². The second-order valence-electron chi connectivity index (χ2n) is 5.06. The number of aliphatic hydroxyl groups is 1. The zero-order valence-electron chi connectivity index (χ0n) is 11.6. The summed E-state index contributed by atoms with van der Waals surface area (Å²) >= 11 is 6.07. The monoisotopic (exact) mass is 308 g/mol. The molecule has 0 fully saturated rings. The van der Waals surface area contributed by atoms with E-state index in [9.17, 15) is 10.4 Å². The van der Waals surface area contributed by atoms with E-state index in [1.807, 2.05) is 42.5 Å². The summed E-state index contributed by atoms with van der Waals surface area (Å²) in [5.41, 5.74) is 1.28. The van der Waals surface area contributed by atoms with Gasteiger partial charge in [-0.25, -0.2) is 0 Å². The third-order valence-electron chi connectivity index (χ3n) is 3.71.